The van der Waals surface area contributed by atoms with Crippen molar-refractivity contribution >= 4 is 21.7 Å². The number of phenols is 2. The Kier molecular flexibility index (Phi) is 11.3. The highest BCUT2D eigenvalue weighted by Crippen LogP contribution is 2.45. The van der Waals surface area contributed by atoms with Crippen LogP contribution in [0.3, 0.4) is 0 Å². The van der Waals surface area contributed by atoms with E-state index in [1.807, 2.05) is 83.1 Å². The van der Waals surface area contributed by atoms with Crippen LogP contribution in [0.2, 0.25) is 0 Å². The SMILES string of the molecule is CNC(=O)c1nn(C(c2cc(C(C)(C)C)c(O)c(C(C)(C)C)c2)C(C(=O)NC)S(=O)(=O)c2ccccc2)nc1-c1cc(C(C)(C)C)c(O)c(C(C)(C)C)c1. The van der Waals surface area contributed by atoms with Gasteiger partial charge in [-0.3, -0.25) is 9.59 Å². The highest BCUT2D eigenvalue weighted by atomic mass is 32.2. The molecule has 0 aliphatic carbocycles. The number of rotatable bonds is 8. The number of hydrogen-bond donors (Lipinski definition) is 4. The Balaban J connectivity index is 2.25. The molecule has 1 aromatic heterocycles. The molecular formula is C42H57N5O6S. The van der Waals surface area contributed by atoms with Gasteiger partial charge >= 0.3 is 0 Å². The second-order valence-corrected chi connectivity index (χ2v) is 20.1. The third-order valence-electron chi connectivity index (χ3n) is 9.61. The predicted molar refractivity (Wildman–Crippen MR) is 213 cm³/mol. The van der Waals surface area contributed by atoms with E-state index in [0.29, 0.717) is 33.4 Å². The van der Waals surface area contributed by atoms with Crippen molar-refractivity contribution in [3.8, 4) is 22.8 Å². The van der Waals surface area contributed by atoms with E-state index in [0.717, 1.165) is 4.80 Å². The maximum atomic E-state index is 14.8. The first-order valence-corrected chi connectivity index (χ1v) is 19.7. The van der Waals surface area contributed by atoms with E-state index in [1.54, 1.807) is 42.5 Å². The normalized spacial score (nSPS) is 14.0. The Hall–Kier alpha value is -4.71. The monoisotopic (exact) mass is 759 g/mol. The molecule has 3 aromatic carbocycles. The van der Waals surface area contributed by atoms with Gasteiger partial charge in [-0.2, -0.15) is 9.90 Å². The number of aromatic nitrogens is 3. The fourth-order valence-corrected chi connectivity index (χ4v) is 8.41. The van der Waals surface area contributed by atoms with Crippen LogP contribution >= 0.6 is 0 Å². The van der Waals surface area contributed by atoms with Crippen molar-refractivity contribution in [2.24, 2.45) is 0 Å². The van der Waals surface area contributed by atoms with Crippen molar-refractivity contribution in [1.29, 1.82) is 0 Å². The number of carbonyl (C=O) groups is 2. The van der Waals surface area contributed by atoms with Crippen molar-refractivity contribution in [3.63, 3.8) is 0 Å². The van der Waals surface area contributed by atoms with E-state index in [4.69, 9.17) is 10.2 Å². The molecule has 0 radical (unpaired) electrons. The molecule has 292 valence electrons. The maximum absolute atomic E-state index is 14.8. The van der Waals surface area contributed by atoms with Gasteiger partial charge in [0.05, 0.1) is 4.90 Å². The van der Waals surface area contributed by atoms with Crippen LogP contribution in [0.15, 0.2) is 59.5 Å². The predicted octanol–water partition coefficient (Wildman–Crippen LogP) is 7.08. The fraction of sp³-hybridized carbons (Fsp3) is 0.476. The molecule has 4 N–H and O–H groups in total. The van der Waals surface area contributed by atoms with Gasteiger partial charge in [0.2, 0.25) is 5.91 Å². The van der Waals surface area contributed by atoms with Crippen molar-refractivity contribution in [1.82, 2.24) is 25.6 Å². The highest BCUT2D eigenvalue weighted by Gasteiger charge is 2.45. The average molecular weight is 760 g/mol. The Labute approximate surface area is 320 Å². The molecule has 2 unspecified atom stereocenters. The third kappa shape index (κ3) is 8.18. The zero-order valence-electron chi connectivity index (χ0n) is 34.1. The second kappa shape index (κ2) is 14.5. The average Bonchev–Trinajstić information content (AvgIpc) is 3.50. The first kappa shape index (κ1) is 42.0. The van der Waals surface area contributed by atoms with Crippen LogP contribution in [0, 0.1) is 0 Å². The molecule has 0 spiro atoms. The molecule has 0 fully saturated rings. The second-order valence-electron chi connectivity index (χ2n) is 18.0. The molecule has 4 aromatic rings. The first-order chi connectivity index (χ1) is 24.7. The molecule has 2 amide bonds. The Morgan fingerprint density at radius 1 is 0.667 bits per heavy atom. The molecule has 4 rings (SSSR count). The lowest BCUT2D eigenvalue weighted by Gasteiger charge is -2.31. The van der Waals surface area contributed by atoms with Crippen LogP contribution in [0.25, 0.3) is 11.3 Å². The summed E-state index contributed by atoms with van der Waals surface area (Å²) in [5, 5.41) is 36.2. The van der Waals surface area contributed by atoms with Gasteiger partial charge in [0, 0.05) is 30.8 Å². The standard InChI is InChI=1S/C42H57N5O6S/c1-39(2,3)27-20-24(21-28(34(27)48)40(4,5)6)31-32(37(50)43-13)46-47(45-31)33(36(38(51)44-14)54(52,53)26-18-16-15-17-19-26)25-22-29(41(7,8)9)35(49)30(23-25)42(10,11)12/h15-23,33,36,48-49H,1-14H3,(H,43,50)(H,44,51). The summed E-state index contributed by atoms with van der Waals surface area (Å²) >= 11 is 0. The largest absolute Gasteiger partial charge is 0.507 e. The lowest BCUT2D eigenvalue weighted by atomic mass is 9.77. The number of hydrogen-bond acceptors (Lipinski definition) is 8. The molecule has 0 saturated carbocycles. The van der Waals surface area contributed by atoms with Crippen LogP contribution in [-0.4, -0.2) is 64.8 Å². The van der Waals surface area contributed by atoms with Crippen LogP contribution in [-0.2, 0) is 36.3 Å². The van der Waals surface area contributed by atoms with Gasteiger partial charge in [0.15, 0.2) is 20.8 Å². The lowest BCUT2D eigenvalue weighted by Crippen LogP contribution is -2.45. The molecule has 11 nitrogen and oxygen atoms in total. The zero-order valence-corrected chi connectivity index (χ0v) is 34.9. The maximum Gasteiger partial charge on any atom is 0.273 e. The highest BCUT2D eigenvalue weighted by molar-refractivity contribution is 7.92. The zero-order chi connectivity index (χ0) is 40.9. The third-order valence-corrected chi connectivity index (χ3v) is 11.7. The molecule has 0 saturated heterocycles. The van der Waals surface area contributed by atoms with E-state index in [2.05, 4.69) is 10.6 Å². The number of carbonyl (C=O) groups excluding carboxylic acids is 2. The van der Waals surface area contributed by atoms with Crippen LogP contribution in [0.5, 0.6) is 11.5 Å². The van der Waals surface area contributed by atoms with E-state index in [9.17, 15) is 28.2 Å². The van der Waals surface area contributed by atoms with Crippen LogP contribution < -0.4 is 10.6 Å². The number of sulfone groups is 1. The summed E-state index contributed by atoms with van der Waals surface area (Å²) in [6, 6.07) is 13.2. The van der Waals surface area contributed by atoms with Gasteiger partial charge in [0.25, 0.3) is 5.91 Å². The molecule has 0 aliphatic heterocycles. The number of nitrogens with zero attached hydrogens (tertiary/aromatic N) is 3. The summed E-state index contributed by atoms with van der Waals surface area (Å²) in [4.78, 5) is 28.9. The summed E-state index contributed by atoms with van der Waals surface area (Å²) < 4.78 is 29.5. The number of benzene rings is 3. The molecule has 12 heteroatoms. The molecule has 0 bridgehead atoms. The van der Waals surface area contributed by atoms with Crippen molar-refractivity contribution in [2.75, 3.05) is 14.1 Å². The van der Waals surface area contributed by atoms with Gasteiger partial charge in [-0.05, 0) is 74.7 Å². The van der Waals surface area contributed by atoms with Crippen molar-refractivity contribution in [2.45, 2.75) is 121 Å². The topological polar surface area (TPSA) is 164 Å². The summed E-state index contributed by atoms with van der Waals surface area (Å²) in [6.45, 7) is 23.4. The summed E-state index contributed by atoms with van der Waals surface area (Å²) in [7, 11) is -1.66. The smallest absolute Gasteiger partial charge is 0.273 e. The van der Waals surface area contributed by atoms with Crippen molar-refractivity contribution < 1.29 is 28.2 Å². The number of nitrogens with one attached hydrogen (secondary N) is 2. The molecule has 2 atom stereocenters. The van der Waals surface area contributed by atoms with E-state index < -0.39 is 54.6 Å². The Bertz CT molecular complexity index is 2090. The van der Waals surface area contributed by atoms with Crippen molar-refractivity contribution in [3.05, 3.63) is 88.1 Å². The van der Waals surface area contributed by atoms with E-state index in [1.165, 1.54) is 26.2 Å². The number of phenolic OH excluding ortho intramolecular Hbond substituents is 2. The minimum Gasteiger partial charge on any atom is -0.507 e. The molecule has 1 heterocycles. The van der Waals surface area contributed by atoms with Gasteiger partial charge < -0.3 is 20.8 Å². The van der Waals surface area contributed by atoms with Gasteiger partial charge in [0.1, 0.15) is 23.2 Å². The summed E-state index contributed by atoms with van der Waals surface area (Å²) in [5.41, 5.74) is 0.906. The van der Waals surface area contributed by atoms with E-state index >= 15 is 0 Å². The first-order valence-electron chi connectivity index (χ1n) is 18.1. The Morgan fingerprint density at radius 3 is 1.48 bits per heavy atom. The van der Waals surface area contributed by atoms with Gasteiger partial charge in [-0.25, -0.2) is 8.42 Å². The fourth-order valence-electron chi connectivity index (χ4n) is 6.58. The number of amides is 2. The van der Waals surface area contributed by atoms with E-state index in [-0.39, 0.29) is 27.8 Å². The summed E-state index contributed by atoms with van der Waals surface area (Å²) in [5.74, 6) is -1.21. The Morgan fingerprint density at radius 2 is 1.09 bits per heavy atom. The number of aromatic hydroxyl groups is 2. The van der Waals surface area contributed by atoms with Gasteiger partial charge in [-0.15, -0.1) is 5.10 Å². The molecule has 54 heavy (non-hydrogen) atoms. The quantitative estimate of drug-likeness (QED) is 0.148. The van der Waals surface area contributed by atoms with Crippen LogP contribution in [0.1, 0.15) is 127 Å². The molecule has 0 aliphatic rings. The van der Waals surface area contributed by atoms with Gasteiger partial charge in [-0.1, -0.05) is 101 Å². The molecular weight excluding hydrogens is 703 g/mol. The lowest BCUT2D eigenvalue weighted by molar-refractivity contribution is -0.120. The minimum atomic E-state index is -4.48. The summed E-state index contributed by atoms with van der Waals surface area (Å²) in [6.07, 6.45) is 0. The minimum absolute atomic E-state index is 0.0635. The van der Waals surface area contributed by atoms with Crippen LogP contribution in [0.4, 0.5) is 0 Å².